The molecule has 6 nitrogen and oxygen atoms in total. The summed E-state index contributed by atoms with van der Waals surface area (Å²) < 4.78 is 5.24. The molecular formula is C22H27N3O3. The molecule has 1 aliphatic heterocycles. The summed E-state index contributed by atoms with van der Waals surface area (Å²) in [6.45, 7) is 4.69. The highest BCUT2D eigenvalue weighted by Crippen LogP contribution is 2.39. The molecular weight excluding hydrogens is 354 g/mol. The molecule has 6 heteroatoms. The summed E-state index contributed by atoms with van der Waals surface area (Å²) in [5, 5.41) is 2.88. The molecule has 3 rings (SSSR count). The summed E-state index contributed by atoms with van der Waals surface area (Å²) in [6, 6.07) is 11.0. The van der Waals surface area contributed by atoms with Crippen LogP contribution in [-0.2, 0) is 9.59 Å². The quantitative estimate of drug-likeness (QED) is 0.793. The van der Waals surface area contributed by atoms with Crippen molar-refractivity contribution in [3.63, 3.8) is 0 Å². The minimum Gasteiger partial charge on any atom is -0.497 e. The fourth-order valence-electron chi connectivity index (χ4n) is 3.59. The highest BCUT2D eigenvalue weighted by Gasteiger charge is 2.44. The molecule has 0 bridgehead atoms. The SMILES string of the molecule is CCCCN1C(=O)C[C@@H](C(=O)Nc2ccc(C)cn2)[C@H]1c1ccc(OC)cc1. The largest absolute Gasteiger partial charge is 0.497 e. The van der Waals surface area contributed by atoms with Crippen LogP contribution in [0.15, 0.2) is 42.6 Å². The maximum Gasteiger partial charge on any atom is 0.231 e. The number of aryl methyl sites for hydroxylation is 1. The lowest BCUT2D eigenvalue weighted by Crippen LogP contribution is -2.33. The molecule has 2 aromatic rings. The molecule has 2 atom stereocenters. The van der Waals surface area contributed by atoms with E-state index >= 15 is 0 Å². The minimum absolute atomic E-state index is 0.0197. The van der Waals surface area contributed by atoms with Crippen LogP contribution in [0.25, 0.3) is 0 Å². The lowest BCUT2D eigenvalue weighted by atomic mass is 9.92. The smallest absolute Gasteiger partial charge is 0.231 e. The van der Waals surface area contributed by atoms with E-state index < -0.39 is 5.92 Å². The van der Waals surface area contributed by atoms with Crippen molar-refractivity contribution < 1.29 is 14.3 Å². The van der Waals surface area contributed by atoms with E-state index in [0.29, 0.717) is 12.4 Å². The van der Waals surface area contributed by atoms with Gasteiger partial charge in [0.05, 0.1) is 19.1 Å². The van der Waals surface area contributed by atoms with Gasteiger partial charge in [0.2, 0.25) is 11.8 Å². The van der Waals surface area contributed by atoms with Crippen LogP contribution >= 0.6 is 0 Å². The molecule has 2 heterocycles. The molecule has 1 aliphatic rings. The van der Waals surface area contributed by atoms with Gasteiger partial charge in [-0.05, 0) is 42.7 Å². The number of carbonyl (C=O) groups is 2. The topological polar surface area (TPSA) is 71.5 Å². The van der Waals surface area contributed by atoms with Crippen molar-refractivity contribution in [3.05, 3.63) is 53.7 Å². The number of hydrogen-bond donors (Lipinski definition) is 1. The van der Waals surface area contributed by atoms with Crippen molar-refractivity contribution in [1.29, 1.82) is 0 Å². The lowest BCUT2D eigenvalue weighted by Gasteiger charge is -2.28. The number of ether oxygens (including phenoxy) is 1. The molecule has 1 saturated heterocycles. The van der Waals surface area contributed by atoms with Crippen LogP contribution < -0.4 is 10.1 Å². The molecule has 0 spiro atoms. The Labute approximate surface area is 165 Å². The fraction of sp³-hybridized carbons (Fsp3) is 0.409. The Bertz CT molecular complexity index is 818. The summed E-state index contributed by atoms with van der Waals surface area (Å²) in [5.41, 5.74) is 1.97. The summed E-state index contributed by atoms with van der Waals surface area (Å²) in [5.74, 6) is 0.637. The third-order valence-corrected chi connectivity index (χ3v) is 5.14. The predicted molar refractivity (Wildman–Crippen MR) is 108 cm³/mol. The minimum atomic E-state index is -0.458. The van der Waals surface area contributed by atoms with Crippen molar-refractivity contribution in [3.8, 4) is 5.75 Å². The molecule has 1 fully saturated rings. The maximum atomic E-state index is 13.0. The van der Waals surface area contributed by atoms with Crippen LogP contribution in [-0.4, -0.2) is 35.4 Å². The average molecular weight is 381 g/mol. The number of nitrogens with one attached hydrogen (secondary N) is 1. The van der Waals surface area contributed by atoms with E-state index in [0.717, 1.165) is 29.7 Å². The zero-order chi connectivity index (χ0) is 20.1. The van der Waals surface area contributed by atoms with E-state index in [-0.39, 0.29) is 24.3 Å². The van der Waals surface area contributed by atoms with Crippen LogP contribution in [0.3, 0.4) is 0 Å². The molecule has 1 aromatic carbocycles. The van der Waals surface area contributed by atoms with Crippen LogP contribution in [0.5, 0.6) is 5.75 Å². The first-order chi connectivity index (χ1) is 13.5. The first kappa shape index (κ1) is 19.9. The molecule has 148 valence electrons. The van der Waals surface area contributed by atoms with Crippen LogP contribution in [0.4, 0.5) is 5.82 Å². The summed E-state index contributed by atoms with van der Waals surface area (Å²) in [6.07, 6.45) is 3.82. The zero-order valence-corrected chi connectivity index (χ0v) is 16.6. The third-order valence-electron chi connectivity index (χ3n) is 5.14. The molecule has 1 aromatic heterocycles. The van der Waals surface area contributed by atoms with Crippen molar-refractivity contribution in [2.75, 3.05) is 19.0 Å². The number of methoxy groups -OCH3 is 1. The first-order valence-electron chi connectivity index (χ1n) is 9.70. The lowest BCUT2D eigenvalue weighted by molar-refractivity contribution is -0.129. The van der Waals surface area contributed by atoms with E-state index in [1.807, 2.05) is 42.2 Å². The summed E-state index contributed by atoms with van der Waals surface area (Å²) in [7, 11) is 1.62. The number of likely N-dealkylation sites (tertiary alicyclic amines) is 1. The second-order valence-electron chi connectivity index (χ2n) is 7.18. The highest BCUT2D eigenvalue weighted by atomic mass is 16.5. The number of nitrogens with zero attached hydrogens (tertiary/aromatic N) is 2. The Kier molecular flexibility index (Phi) is 6.29. The average Bonchev–Trinajstić information content (AvgIpc) is 3.04. The van der Waals surface area contributed by atoms with Gasteiger partial charge in [0.15, 0.2) is 0 Å². The number of benzene rings is 1. The van der Waals surface area contributed by atoms with Gasteiger partial charge in [0, 0.05) is 19.2 Å². The van der Waals surface area contributed by atoms with E-state index in [2.05, 4.69) is 17.2 Å². The molecule has 2 amide bonds. The summed E-state index contributed by atoms with van der Waals surface area (Å²) >= 11 is 0. The predicted octanol–water partition coefficient (Wildman–Crippen LogP) is 3.73. The van der Waals surface area contributed by atoms with E-state index in [1.165, 1.54) is 0 Å². The number of pyridine rings is 1. The standard InChI is InChI=1S/C22H27N3O3/c1-4-5-12-25-20(26)13-18(21(25)16-7-9-17(28-3)10-8-16)22(27)24-19-11-6-15(2)14-23-19/h6-11,14,18,21H,4-5,12-13H2,1-3H3,(H,23,24,27)/t18-,21-/m1/s1. The fourth-order valence-corrected chi connectivity index (χ4v) is 3.59. The summed E-state index contributed by atoms with van der Waals surface area (Å²) in [4.78, 5) is 31.8. The Hall–Kier alpha value is -2.89. The Morgan fingerprint density at radius 3 is 2.61 bits per heavy atom. The van der Waals surface area contributed by atoms with Crippen molar-refractivity contribution >= 4 is 17.6 Å². The molecule has 0 aliphatic carbocycles. The van der Waals surface area contributed by atoms with E-state index in [4.69, 9.17) is 4.74 Å². The van der Waals surface area contributed by atoms with Gasteiger partial charge in [-0.25, -0.2) is 4.98 Å². The van der Waals surface area contributed by atoms with E-state index in [9.17, 15) is 9.59 Å². The molecule has 0 radical (unpaired) electrons. The zero-order valence-electron chi connectivity index (χ0n) is 16.6. The monoisotopic (exact) mass is 381 g/mol. The number of hydrogen-bond acceptors (Lipinski definition) is 4. The van der Waals surface area contributed by atoms with Gasteiger partial charge in [0.1, 0.15) is 11.6 Å². The molecule has 1 N–H and O–H groups in total. The van der Waals surface area contributed by atoms with Crippen LogP contribution in [0, 0.1) is 12.8 Å². The number of rotatable bonds is 7. The molecule has 0 unspecified atom stereocenters. The molecule has 28 heavy (non-hydrogen) atoms. The number of amides is 2. The van der Waals surface area contributed by atoms with E-state index in [1.54, 1.807) is 19.4 Å². The first-order valence-corrected chi connectivity index (χ1v) is 9.70. The van der Waals surface area contributed by atoms with Gasteiger partial charge in [-0.15, -0.1) is 0 Å². The second kappa shape index (κ2) is 8.87. The van der Waals surface area contributed by atoms with Gasteiger partial charge in [0.25, 0.3) is 0 Å². The number of carbonyl (C=O) groups excluding carboxylic acids is 2. The third kappa shape index (κ3) is 4.32. The highest BCUT2D eigenvalue weighted by molar-refractivity contribution is 5.97. The number of unbranched alkanes of at least 4 members (excludes halogenated alkanes) is 1. The van der Waals surface area contributed by atoms with Gasteiger partial charge in [-0.3, -0.25) is 9.59 Å². The normalized spacial score (nSPS) is 19.0. The Balaban J connectivity index is 1.86. The number of aromatic nitrogens is 1. The van der Waals surface area contributed by atoms with Crippen molar-refractivity contribution in [2.45, 2.75) is 39.2 Å². The van der Waals surface area contributed by atoms with Crippen molar-refractivity contribution in [1.82, 2.24) is 9.88 Å². The second-order valence-corrected chi connectivity index (χ2v) is 7.18. The van der Waals surface area contributed by atoms with Gasteiger partial charge in [-0.1, -0.05) is 31.5 Å². The van der Waals surface area contributed by atoms with Crippen molar-refractivity contribution in [2.24, 2.45) is 5.92 Å². The maximum absolute atomic E-state index is 13.0. The van der Waals surface area contributed by atoms with Crippen LogP contribution in [0.1, 0.15) is 43.4 Å². The Morgan fingerprint density at radius 2 is 2.00 bits per heavy atom. The van der Waals surface area contributed by atoms with Crippen LogP contribution in [0.2, 0.25) is 0 Å². The van der Waals surface area contributed by atoms with Gasteiger partial charge < -0.3 is 15.0 Å². The number of anilines is 1. The Morgan fingerprint density at radius 1 is 1.25 bits per heavy atom. The molecule has 0 saturated carbocycles. The van der Waals surface area contributed by atoms with Gasteiger partial charge >= 0.3 is 0 Å². The van der Waals surface area contributed by atoms with Gasteiger partial charge in [-0.2, -0.15) is 0 Å².